The van der Waals surface area contributed by atoms with Crippen LogP contribution in [-0.2, 0) is 4.79 Å². The minimum Gasteiger partial charge on any atom is -0.497 e. The Kier molecular flexibility index (Phi) is 9.82. The van der Waals surface area contributed by atoms with Gasteiger partial charge >= 0.3 is 0 Å². The molecule has 1 unspecified atom stereocenters. The van der Waals surface area contributed by atoms with Gasteiger partial charge in [0.15, 0.2) is 0 Å². The zero-order chi connectivity index (χ0) is 24.3. The van der Waals surface area contributed by atoms with Gasteiger partial charge in [0.1, 0.15) is 11.8 Å². The number of benzene rings is 2. The second-order valence-electron chi connectivity index (χ2n) is 8.38. The Morgan fingerprint density at radius 3 is 2.38 bits per heavy atom. The molecule has 0 radical (unpaired) electrons. The van der Waals surface area contributed by atoms with Crippen LogP contribution in [0.1, 0.15) is 59.2 Å². The van der Waals surface area contributed by atoms with Crippen molar-refractivity contribution >= 4 is 35.2 Å². The van der Waals surface area contributed by atoms with Gasteiger partial charge in [0, 0.05) is 11.6 Å². The number of carbonyl (C=O) groups excluding carboxylic acids is 3. The largest absolute Gasteiger partial charge is 0.497 e. The molecule has 3 N–H and O–H groups in total. The van der Waals surface area contributed by atoms with Crippen LogP contribution in [0.25, 0.3) is 0 Å². The van der Waals surface area contributed by atoms with Gasteiger partial charge in [-0.2, -0.15) is 11.8 Å². The average Bonchev–Trinajstić information content (AvgIpc) is 2.87. The van der Waals surface area contributed by atoms with E-state index in [1.807, 2.05) is 6.26 Å². The number of carbonyl (C=O) groups is 3. The molecule has 0 spiro atoms. The first kappa shape index (κ1) is 25.6. The SMILES string of the molecule is COc1ccc(C(=O)Nc2ccccc2C(=O)NC(CCSC)C(=O)NC2CCCCC2)cc1. The molecule has 2 aromatic carbocycles. The number of nitrogens with one attached hydrogen (secondary N) is 3. The van der Waals surface area contributed by atoms with Gasteiger partial charge in [-0.1, -0.05) is 31.4 Å². The molecule has 8 heteroatoms. The van der Waals surface area contributed by atoms with Gasteiger partial charge in [-0.3, -0.25) is 14.4 Å². The summed E-state index contributed by atoms with van der Waals surface area (Å²) in [7, 11) is 1.56. The first-order chi connectivity index (χ1) is 16.5. The molecule has 0 heterocycles. The Bertz CT molecular complexity index is 974. The number of hydrogen-bond acceptors (Lipinski definition) is 5. The summed E-state index contributed by atoms with van der Waals surface area (Å²) in [4.78, 5) is 38.9. The topological polar surface area (TPSA) is 96.5 Å². The molecule has 1 aliphatic rings. The molecule has 1 atom stereocenters. The van der Waals surface area contributed by atoms with Gasteiger partial charge in [0.25, 0.3) is 11.8 Å². The van der Waals surface area contributed by atoms with Crippen LogP contribution in [-0.4, -0.2) is 48.9 Å². The van der Waals surface area contributed by atoms with Crippen molar-refractivity contribution in [2.75, 3.05) is 24.4 Å². The lowest BCUT2D eigenvalue weighted by Gasteiger charge is -2.26. The average molecular weight is 484 g/mol. The minimum atomic E-state index is -0.632. The van der Waals surface area contributed by atoms with Crippen molar-refractivity contribution < 1.29 is 19.1 Å². The van der Waals surface area contributed by atoms with Crippen LogP contribution in [0.15, 0.2) is 48.5 Å². The molecular formula is C26H33N3O4S. The van der Waals surface area contributed by atoms with Crippen molar-refractivity contribution in [2.24, 2.45) is 0 Å². The van der Waals surface area contributed by atoms with E-state index in [1.54, 1.807) is 67.4 Å². The number of para-hydroxylation sites is 1. The number of methoxy groups -OCH3 is 1. The van der Waals surface area contributed by atoms with Crippen LogP contribution in [0.4, 0.5) is 5.69 Å². The van der Waals surface area contributed by atoms with Gasteiger partial charge in [0.2, 0.25) is 5.91 Å². The molecule has 1 fully saturated rings. The van der Waals surface area contributed by atoms with Crippen LogP contribution in [0.2, 0.25) is 0 Å². The van der Waals surface area contributed by atoms with Gasteiger partial charge in [0.05, 0.1) is 18.4 Å². The fourth-order valence-electron chi connectivity index (χ4n) is 4.02. The molecule has 34 heavy (non-hydrogen) atoms. The lowest BCUT2D eigenvalue weighted by Crippen LogP contribution is -2.50. The van der Waals surface area contributed by atoms with E-state index in [0.717, 1.165) is 31.4 Å². The quantitative estimate of drug-likeness (QED) is 0.470. The van der Waals surface area contributed by atoms with E-state index < -0.39 is 11.9 Å². The van der Waals surface area contributed by atoms with Gasteiger partial charge in [-0.15, -0.1) is 0 Å². The van der Waals surface area contributed by atoms with E-state index in [1.165, 1.54) is 6.42 Å². The fourth-order valence-corrected chi connectivity index (χ4v) is 4.49. The van der Waals surface area contributed by atoms with Crippen LogP contribution < -0.4 is 20.7 Å². The second-order valence-corrected chi connectivity index (χ2v) is 9.36. The number of hydrogen-bond donors (Lipinski definition) is 3. The number of amides is 3. The zero-order valence-corrected chi connectivity index (χ0v) is 20.6. The summed E-state index contributed by atoms with van der Waals surface area (Å²) in [5.74, 6) is 0.527. The summed E-state index contributed by atoms with van der Waals surface area (Å²) >= 11 is 1.63. The smallest absolute Gasteiger partial charge is 0.255 e. The highest BCUT2D eigenvalue weighted by atomic mass is 32.2. The third-order valence-electron chi connectivity index (χ3n) is 5.96. The predicted octanol–water partition coefficient (Wildman–Crippen LogP) is 4.25. The van der Waals surface area contributed by atoms with Crippen molar-refractivity contribution in [3.8, 4) is 5.75 Å². The van der Waals surface area contributed by atoms with Crippen LogP contribution in [0.3, 0.4) is 0 Å². The summed E-state index contributed by atoms with van der Waals surface area (Å²) < 4.78 is 5.13. The third-order valence-corrected chi connectivity index (χ3v) is 6.60. The highest BCUT2D eigenvalue weighted by molar-refractivity contribution is 7.98. The minimum absolute atomic E-state index is 0.144. The van der Waals surface area contributed by atoms with E-state index in [2.05, 4.69) is 16.0 Å². The molecule has 182 valence electrons. The maximum Gasteiger partial charge on any atom is 0.255 e. The van der Waals surface area contributed by atoms with Crippen molar-refractivity contribution in [3.63, 3.8) is 0 Å². The third kappa shape index (κ3) is 7.25. The molecule has 0 aliphatic heterocycles. The Morgan fingerprint density at radius 1 is 1.00 bits per heavy atom. The normalized spacial score (nSPS) is 14.6. The molecule has 3 amide bonds. The van der Waals surface area contributed by atoms with Crippen molar-refractivity contribution in [2.45, 2.75) is 50.6 Å². The Balaban J connectivity index is 1.70. The first-order valence-electron chi connectivity index (χ1n) is 11.7. The van der Waals surface area contributed by atoms with E-state index >= 15 is 0 Å². The fraction of sp³-hybridized carbons (Fsp3) is 0.423. The van der Waals surface area contributed by atoms with E-state index in [4.69, 9.17) is 4.74 Å². The molecule has 7 nitrogen and oxygen atoms in total. The lowest BCUT2D eigenvalue weighted by atomic mass is 9.95. The molecule has 1 aliphatic carbocycles. The lowest BCUT2D eigenvalue weighted by molar-refractivity contribution is -0.123. The summed E-state index contributed by atoms with van der Waals surface area (Å²) in [6, 6.07) is 13.1. The standard InChI is InChI=1S/C26H33N3O4S/c1-33-20-14-12-18(13-15-20)24(30)28-22-11-7-6-10-21(22)25(31)29-23(16-17-34-2)26(32)27-19-8-4-3-5-9-19/h6-7,10-15,19,23H,3-5,8-9,16-17H2,1-2H3,(H,27,32)(H,28,30)(H,29,31). The van der Waals surface area contributed by atoms with E-state index in [0.29, 0.717) is 29.0 Å². The maximum atomic E-state index is 13.2. The second kappa shape index (κ2) is 13.0. The summed E-state index contributed by atoms with van der Waals surface area (Å²) in [6.07, 6.45) is 7.91. The van der Waals surface area contributed by atoms with Gasteiger partial charge in [-0.05, 0) is 67.7 Å². The molecule has 1 saturated carbocycles. The Morgan fingerprint density at radius 2 is 1.71 bits per heavy atom. The number of thioether (sulfide) groups is 1. The molecule has 0 bridgehead atoms. The zero-order valence-electron chi connectivity index (χ0n) is 19.8. The highest BCUT2D eigenvalue weighted by Crippen LogP contribution is 2.20. The highest BCUT2D eigenvalue weighted by Gasteiger charge is 2.25. The molecule has 0 saturated heterocycles. The molecule has 0 aromatic heterocycles. The van der Waals surface area contributed by atoms with Crippen LogP contribution >= 0.6 is 11.8 Å². The number of rotatable bonds is 10. The monoisotopic (exact) mass is 483 g/mol. The summed E-state index contributed by atoms with van der Waals surface area (Å²) in [5, 5.41) is 8.82. The van der Waals surface area contributed by atoms with Crippen LogP contribution in [0.5, 0.6) is 5.75 Å². The van der Waals surface area contributed by atoms with Gasteiger partial charge < -0.3 is 20.7 Å². The van der Waals surface area contributed by atoms with E-state index in [-0.39, 0.29) is 17.9 Å². The van der Waals surface area contributed by atoms with Crippen LogP contribution in [0, 0.1) is 0 Å². The predicted molar refractivity (Wildman–Crippen MR) is 137 cm³/mol. The molecule has 3 rings (SSSR count). The maximum absolute atomic E-state index is 13.2. The van der Waals surface area contributed by atoms with E-state index in [9.17, 15) is 14.4 Å². The number of ether oxygens (including phenoxy) is 1. The first-order valence-corrected chi connectivity index (χ1v) is 13.1. The van der Waals surface area contributed by atoms with Crippen molar-refractivity contribution in [1.82, 2.24) is 10.6 Å². The Hall–Kier alpha value is -3.00. The summed E-state index contributed by atoms with van der Waals surface area (Å²) in [5.41, 5.74) is 1.14. The summed E-state index contributed by atoms with van der Waals surface area (Å²) in [6.45, 7) is 0. The van der Waals surface area contributed by atoms with Crippen molar-refractivity contribution in [3.05, 3.63) is 59.7 Å². The number of anilines is 1. The molecule has 2 aromatic rings. The van der Waals surface area contributed by atoms with Crippen molar-refractivity contribution in [1.29, 1.82) is 0 Å². The molecular weight excluding hydrogens is 450 g/mol. The van der Waals surface area contributed by atoms with Gasteiger partial charge in [-0.25, -0.2) is 0 Å². The Labute approximate surface area is 205 Å².